The van der Waals surface area contributed by atoms with Crippen LogP contribution in [-0.2, 0) is 4.79 Å². The van der Waals surface area contributed by atoms with Crippen LogP contribution in [0.2, 0.25) is 0 Å². The van der Waals surface area contributed by atoms with Gasteiger partial charge in [0.15, 0.2) is 0 Å². The van der Waals surface area contributed by atoms with Crippen LogP contribution in [0.3, 0.4) is 0 Å². The van der Waals surface area contributed by atoms with Gasteiger partial charge in [0.05, 0.1) is 4.92 Å². The zero-order chi connectivity index (χ0) is 12.4. The summed E-state index contributed by atoms with van der Waals surface area (Å²) in [6.07, 6.45) is 5.00. The summed E-state index contributed by atoms with van der Waals surface area (Å²) in [5.41, 5.74) is 0.876. The molecule has 0 aliphatic carbocycles. The number of nitrogens with one attached hydrogen (secondary N) is 1. The van der Waals surface area contributed by atoms with Crippen LogP contribution < -0.4 is 0 Å². The van der Waals surface area contributed by atoms with E-state index in [1.807, 2.05) is 0 Å². The fourth-order valence-corrected chi connectivity index (χ4v) is 1.41. The molecule has 0 radical (unpaired) electrons. The van der Waals surface area contributed by atoms with E-state index in [0.29, 0.717) is 16.6 Å². The molecule has 2 aromatic rings. The summed E-state index contributed by atoms with van der Waals surface area (Å²) in [5.74, 6) is -1.09. The Kier molecular flexibility index (Phi) is 2.57. The predicted octanol–water partition coefficient (Wildman–Crippen LogP) is 1.57. The van der Waals surface area contributed by atoms with Crippen LogP contribution in [0, 0.1) is 10.1 Å². The van der Waals surface area contributed by atoms with Crippen molar-refractivity contribution in [2.45, 2.75) is 0 Å². The third-order valence-electron chi connectivity index (χ3n) is 2.16. The molecule has 0 saturated heterocycles. The number of carbonyl (C=O) groups is 1. The predicted molar refractivity (Wildman–Crippen MR) is 59.4 cm³/mol. The highest BCUT2D eigenvalue weighted by Gasteiger charge is 2.10. The van der Waals surface area contributed by atoms with E-state index in [9.17, 15) is 14.9 Å². The number of hydrogen-bond donors (Lipinski definition) is 2. The fraction of sp³-hybridized carbons (Fsp3) is 0. The van der Waals surface area contributed by atoms with Gasteiger partial charge in [-0.05, 0) is 6.08 Å². The molecule has 2 rings (SSSR count). The van der Waals surface area contributed by atoms with Gasteiger partial charge in [-0.15, -0.1) is 0 Å². The average Bonchev–Trinajstić information content (AvgIpc) is 2.68. The van der Waals surface area contributed by atoms with Crippen molar-refractivity contribution in [1.82, 2.24) is 9.97 Å². The minimum atomic E-state index is -1.09. The summed E-state index contributed by atoms with van der Waals surface area (Å²) >= 11 is 0. The summed E-state index contributed by atoms with van der Waals surface area (Å²) in [5, 5.41) is 19.6. The van der Waals surface area contributed by atoms with Crippen LogP contribution >= 0.6 is 0 Å². The van der Waals surface area contributed by atoms with Crippen molar-refractivity contribution in [2.24, 2.45) is 0 Å². The maximum Gasteiger partial charge on any atom is 0.328 e. The number of hydrogen-bond acceptors (Lipinski definition) is 4. The minimum absolute atomic E-state index is 0.137. The first-order valence-electron chi connectivity index (χ1n) is 4.60. The molecule has 0 bridgehead atoms. The Labute approximate surface area is 94.6 Å². The second-order valence-corrected chi connectivity index (χ2v) is 3.26. The molecule has 0 spiro atoms. The first kappa shape index (κ1) is 10.8. The number of rotatable bonds is 3. The largest absolute Gasteiger partial charge is 0.478 e. The lowest BCUT2D eigenvalue weighted by Crippen LogP contribution is -1.89. The van der Waals surface area contributed by atoms with Crippen LogP contribution in [0.25, 0.3) is 17.1 Å². The molecule has 86 valence electrons. The Morgan fingerprint density at radius 2 is 2.35 bits per heavy atom. The van der Waals surface area contributed by atoms with Gasteiger partial charge in [0, 0.05) is 29.3 Å². The second kappa shape index (κ2) is 4.05. The van der Waals surface area contributed by atoms with Gasteiger partial charge in [-0.3, -0.25) is 10.1 Å². The van der Waals surface area contributed by atoms with E-state index in [-0.39, 0.29) is 5.69 Å². The topological polar surface area (TPSA) is 109 Å². The van der Waals surface area contributed by atoms with E-state index in [1.54, 1.807) is 6.20 Å². The van der Waals surface area contributed by atoms with Crippen LogP contribution in [0.4, 0.5) is 5.69 Å². The molecular weight excluding hydrogens is 226 g/mol. The van der Waals surface area contributed by atoms with Crippen molar-refractivity contribution < 1.29 is 14.8 Å². The van der Waals surface area contributed by atoms with E-state index >= 15 is 0 Å². The van der Waals surface area contributed by atoms with Crippen molar-refractivity contribution in [3.63, 3.8) is 0 Å². The van der Waals surface area contributed by atoms with Crippen molar-refractivity contribution in [1.29, 1.82) is 0 Å². The molecule has 17 heavy (non-hydrogen) atoms. The van der Waals surface area contributed by atoms with Crippen LogP contribution in [0.15, 0.2) is 24.5 Å². The number of aromatic nitrogens is 2. The summed E-state index contributed by atoms with van der Waals surface area (Å²) < 4.78 is 0. The van der Waals surface area contributed by atoms with Gasteiger partial charge in [0.25, 0.3) is 5.69 Å². The zero-order valence-corrected chi connectivity index (χ0v) is 8.45. The number of H-pyrrole nitrogens is 1. The van der Waals surface area contributed by atoms with Gasteiger partial charge in [0.2, 0.25) is 0 Å². The highest BCUT2D eigenvalue weighted by molar-refractivity contribution is 5.92. The van der Waals surface area contributed by atoms with Crippen molar-refractivity contribution in [2.75, 3.05) is 0 Å². The molecule has 0 saturated carbocycles. The first-order valence-corrected chi connectivity index (χ1v) is 4.60. The Balaban J connectivity index is 2.54. The first-order chi connectivity index (χ1) is 8.08. The normalized spacial score (nSPS) is 11.1. The Hall–Kier alpha value is -2.70. The van der Waals surface area contributed by atoms with Gasteiger partial charge in [0.1, 0.15) is 11.8 Å². The molecule has 0 unspecified atom stereocenters. The SMILES string of the molecule is O=C(O)/C=C/c1c[nH]c2ncc([N+](=O)[O-])cc12. The number of nitrogens with zero attached hydrogens (tertiary/aromatic N) is 2. The Morgan fingerprint density at radius 3 is 3.00 bits per heavy atom. The van der Waals surface area contributed by atoms with E-state index in [2.05, 4.69) is 9.97 Å². The lowest BCUT2D eigenvalue weighted by Gasteiger charge is -1.92. The summed E-state index contributed by atoms with van der Waals surface area (Å²) in [4.78, 5) is 27.1. The van der Waals surface area contributed by atoms with Crippen molar-refractivity contribution in [3.8, 4) is 0 Å². The molecule has 7 nitrogen and oxygen atoms in total. The van der Waals surface area contributed by atoms with Gasteiger partial charge in [-0.25, -0.2) is 9.78 Å². The molecule has 0 amide bonds. The van der Waals surface area contributed by atoms with Crippen molar-refractivity contribution in [3.05, 3.63) is 40.2 Å². The summed E-state index contributed by atoms with van der Waals surface area (Å²) in [6, 6.07) is 1.35. The van der Waals surface area contributed by atoms with Gasteiger partial charge >= 0.3 is 5.97 Å². The minimum Gasteiger partial charge on any atom is -0.478 e. The van der Waals surface area contributed by atoms with Crippen LogP contribution in [0.5, 0.6) is 0 Å². The molecule has 2 aromatic heterocycles. The number of aromatic amines is 1. The molecule has 2 heterocycles. The van der Waals surface area contributed by atoms with Gasteiger partial charge < -0.3 is 10.1 Å². The van der Waals surface area contributed by atoms with E-state index in [1.165, 1.54) is 12.1 Å². The standard InChI is InChI=1S/C10H7N3O4/c14-9(15)2-1-6-4-11-10-8(6)3-7(5-12-10)13(16)17/h1-5H,(H,11,12)(H,14,15)/b2-1+. The smallest absolute Gasteiger partial charge is 0.328 e. The number of aliphatic carboxylic acids is 1. The highest BCUT2D eigenvalue weighted by atomic mass is 16.6. The monoisotopic (exact) mass is 233 g/mol. The van der Waals surface area contributed by atoms with Gasteiger partial charge in [-0.2, -0.15) is 0 Å². The fourth-order valence-electron chi connectivity index (χ4n) is 1.41. The molecular formula is C10H7N3O4. The maximum atomic E-state index is 10.6. The lowest BCUT2D eigenvalue weighted by atomic mass is 10.2. The number of carboxylic acid groups (broad SMARTS) is 1. The third kappa shape index (κ3) is 2.12. The molecule has 2 N–H and O–H groups in total. The molecule has 0 aliphatic rings. The van der Waals surface area contributed by atoms with Crippen LogP contribution in [0.1, 0.15) is 5.56 Å². The van der Waals surface area contributed by atoms with E-state index < -0.39 is 10.9 Å². The molecule has 7 heteroatoms. The Bertz CT molecular complexity index is 630. The van der Waals surface area contributed by atoms with Gasteiger partial charge in [-0.1, -0.05) is 0 Å². The van der Waals surface area contributed by atoms with Crippen LogP contribution in [-0.4, -0.2) is 26.0 Å². The summed E-state index contributed by atoms with van der Waals surface area (Å²) in [7, 11) is 0. The summed E-state index contributed by atoms with van der Waals surface area (Å²) in [6.45, 7) is 0. The van der Waals surface area contributed by atoms with Crippen molar-refractivity contribution >= 4 is 28.8 Å². The molecule has 0 atom stereocenters. The maximum absolute atomic E-state index is 10.6. The number of carboxylic acids is 1. The Morgan fingerprint density at radius 1 is 1.59 bits per heavy atom. The number of pyridine rings is 1. The quantitative estimate of drug-likeness (QED) is 0.475. The molecule has 0 fully saturated rings. The lowest BCUT2D eigenvalue weighted by molar-refractivity contribution is -0.385. The second-order valence-electron chi connectivity index (χ2n) is 3.26. The highest BCUT2D eigenvalue weighted by Crippen LogP contribution is 2.22. The average molecular weight is 233 g/mol. The molecule has 0 aromatic carbocycles. The van der Waals surface area contributed by atoms with E-state index in [4.69, 9.17) is 5.11 Å². The zero-order valence-electron chi connectivity index (χ0n) is 8.45. The van der Waals surface area contributed by atoms with E-state index in [0.717, 1.165) is 12.3 Å². The number of nitro groups is 1. The third-order valence-corrected chi connectivity index (χ3v) is 2.16. The molecule has 0 aliphatic heterocycles. The number of fused-ring (bicyclic) bond motifs is 1.